The lowest BCUT2D eigenvalue weighted by Crippen LogP contribution is -2.59. The van der Waals surface area contributed by atoms with Gasteiger partial charge in [-0.05, 0) is 123 Å². The minimum absolute atomic E-state index is 0.00921. The number of carbonyl (C=O) groups is 2. The number of aliphatic hydroxyl groups is 4. The lowest BCUT2D eigenvalue weighted by Gasteiger charge is -2.61. The van der Waals surface area contributed by atoms with Crippen LogP contribution in [0.2, 0.25) is 0 Å². The number of nitrogens with one attached hydrogen (secondary N) is 2. The van der Waals surface area contributed by atoms with Gasteiger partial charge in [-0.3, -0.25) is 9.59 Å². The average Bonchev–Trinajstić information content (AvgIpc) is 3.53. The van der Waals surface area contributed by atoms with Gasteiger partial charge in [-0.25, -0.2) is 0 Å². The van der Waals surface area contributed by atoms with Gasteiger partial charge in [0, 0.05) is 25.9 Å². The van der Waals surface area contributed by atoms with Crippen molar-refractivity contribution in [3.05, 3.63) is 0 Å². The molecule has 0 bridgehead atoms. The topological polar surface area (TPSA) is 176 Å². The van der Waals surface area contributed by atoms with Gasteiger partial charge >= 0.3 is 0 Å². The fourth-order valence-electron chi connectivity index (χ4n) is 12.0. The predicted molar refractivity (Wildman–Crippen MR) is 209 cm³/mol. The Kier molecular flexibility index (Phi) is 17.1. The Morgan fingerprint density at radius 3 is 2.24 bits per heavy atom. The Hall–Kier alpha value is -1.38. The summed E-state index contributed by atoms with van der Waals surface area (Å²) in [6.07, 6.45) is 10.9. The van der Waals surface area contributed by atoms with Gasteiger partial charge in [0.15, 0.2) is 6.29 Å². The maximum atomic E-state index is 12.8. The van der Waals surface area contributed by atoms with E-state index in [1.807, 2.05) is 0 Å². The van der Waals surface area contributed by atoms with Gasteiger partial charge in [-0.15, -0.1) is 0 Å². The number of ether oxygens (including phenoxy) is 4. The molecule has 0 radical (unpaired) electrons. The van der Waals surface area contributed by atoms with Gasteiger partial charge in [0.05, 0.1) is 39.6 Å². The summed E-state index contributed by atoms with van der Waals surface area (Å²) in [7, 11) is 0. The molecule has 0 aromatic carbocycles. The largest absolute Gasteiger partial charge is 0.394 e. The van der Waals surface area contributed by atoms with Crippen LogP contribution in [0.15, 0.2) is 0 Å². The normalized spacial score (nSPS) is 39.1. The summed E-state index contributed by atoms with van der Waals surface area (Å²) in [4.78, 5) is 25.0. The number of hydrogen-bond acceptors (Lipinski definition) is 10. The van der Waals surface area contributed by atoms with Crippen molar-refractivity contribution in [3.63, 3.8) is 0 Å². The van der Waals surface area contributed by atoms with Crippen LogP contribution >= 0.6 is 0 Å². The van der Waals surface area contributed by atoms with E-state index >= 15 is 0 Å². The molecule has 5 fully saturated rings. The minimum Gasteiger partial charge on any atom is -0.394 e. The standard InChI is InChI=1S/C43H76N2O10/c1-28-15-17-42(3)30(26-28)10-11-31-33-13-12-32(43(33,4)18-16-34(31)42)29(2)9-14-37(48)44-19-7-5-6-8-36(47)45-20-21-52-22-23-53-24-25-54-41-40(51)39(50)38(49)35(27-46)55-41/h28-35,38-41,46,49-51H,5-27H2,1-4H3,(H,44,48)(H,45,47)/t28-,29?,30?,31?,32?,33?,34?,35?,38?,39?,40?,41?,42+,43-/m1/s1. The van der Waals surface area contributed by atoms with E-state index in [0.717, 1.165) is 61.2 Å². The number of fused-ring (bicyclic) bond motifs is 5. The molecular formula is C43H76N2O10. The molecule has 0 aromatic heterocycles. The monoisotopic (exact) mass is 781 g/mol. The van der Waals surface area contributed by atoms with Crippen molar-refractivity contribution in [2.24, 2.45) is 52.3 Å². The second-order valence-corrected chi connectivity index (χ2v) is 18.6. The lowest BCUT2D eigenvalue weighted by molar-refractivity contribution is -0.302. The SMILES string of the molecule is CC(CCC(=O)NCCCCCC(=O)NCCOCCOCCOC1OC(CO)C(O)C(O)C1O)C1CCC2C3CCC4C[C@H](C)CC[C@]4(C)C3CC[C@]12C. The van der Waals surface area contributed by atoms with Gasteiger partial charge in [0.25, 0.3) is 0 Å². The predicted octanol–water partition coefficient (Wildman–Crippen LogP) is 4.34. The molecule has 1 heterocycles. The summed E-state index contributed by atoms with van der Waals surface area (Å²) in [6, 6.07) is 0. The van der Waals surface area contributed by atoms with Crippen molar-refractivity contribution in [3.8, 4) is 0 Å². The summed E-state index contributed by atoms with van der Waals surface area (Å²) in [5.74, 6) is 6.08. The molecule has 318 valence electrons. The van der Waals surface area contributed by atoms with Crippen LogP contribution in [0, 0.1) is 52.3 Å². The summed E-state index contributed by atoms with van der Waals surface area (Å²) in [5.41, 5.74) is 1.02. The van der Waals surface area contributed by atoms with Crippen molar-refractivity contribution in [2.45, 2.75) is 155 Å². The zero-order chi connectivity index (χ0) is 39.6. The van der Waals surface area contributed by atoms with Crippen LogP contribution in [-0.4, -0.2) is 116 Å². The molecule has 12 nitrogen and oxygen atoms in total. The molecule has 4 aliphatic carbocycles. The Balaban J connectivity index is 0.836. The molecule has 11 unspecified atom stereocenters. The molecule has 1 aliphatic heterocycles. The molecule has 0 aromatic rings. The van der Waals surface area contributed by atoms with Crippen molar-refractivity contribution < 1.29 is 49.0 Å². The van der Waals surface area contributed by atoms with E-state index in [2.05, 4.69) is 38.3 Å². The highest BCUT2D eigenvalue weighted by molar-refractivity contribution is 5.76. The smallest absolute Gasteiger partial charge is 0.220 e. The number of amides is 2. The highest BCUT2D eigenvalue weighted by Gasteiger charge is 2.60. The second-order valence-electron chi connectivity index (χ2n) is 18.6. The van der Waals surface area contributed by atoms with Crippen LogP contribution in [0.4, 0.5) is 0 Å². The molecule has 5 aliphatic rings. The minimum atomic E-state index is -1.48. The Labute approximate surface area is 330 Å². The first kappa shape index (κ1) is 44.7. The van der Waals surface area contributed by atoms with E-state index in [4.69, 9.17) is 18.9 Å². The van der Waals surface area contributed by atoms with Crippen molar-refractivity contribution in [1.29, 1.82) is 0 Å². The van der Waals surface area contributed by atoms with Gasteiger partial charge in [0.1, 0.15) is 24.4 Å². The van der Waals surface area contributed by atoms with Crippen LogP contribution in [0.5, 0.6) is 0 Å². The van der Waals surface area contributed by atoms with E-state index < -0.39 is 37.3 Å². The van der Waals surface area contributed by atoms with Crippen LogP contribution in [-0.2, 0) is 28.5 Å². The van der Waals surface area contributed by atoms with Crippen molar-refractivity contribution in [2.75, 3.05) is 52.7 Å². The number of carbonyl (C=O) groups excluding carboxylic acids is 2. The molecule has 2 amide bonds. The molecule has 12 heteroatoms. The summed E-state index contributed by atoms with van der Waals surface area (Å²) in [6.45, 7) is 12.0. The third kappa shape index (κ3) is 11.2. The second kappa shape index (κ2) is 21.0. The zero-order valence-electron chi connectivity index (χ0n) is 34.4. The van der Waals surface area contributed by atoms with E-state index in [1.54, 1.807) is 0 Å². The zero-order valence-corrected chi connectivity index (χ0v) is 34.4. The molecule has 55 heavy (non-hydrogen) atoms. The van der Waals surface area contributed by atoms with E-state index in [0.29, 0.717) is 62.5 Å². The van der Waals surface area contributed by atoms with Gasteiger partial charge in [-0.1, -0.05) is 40.5 Å². The van der Waals surface area contributed by atoms with E-state index in [9.17, 15) is 30.0 Å². The maximum absolute atomic E-state index is 12.8. The lowest BCUT2D eigenvalue weighted by atomic mass is 9.44. The summed E-state index contributed by atoms with van der Waals surface area (Å²) in [5, 5.41) is 44.8. The molecule has 6 N–H and O–H groups in total. The number of unbranched alkanes of at least 4 members (excludes halogenated alkanes) is 2. The fraction of sp³-hybridized carbons (Fsp3) is 0.953. The Morgan fingerprint density at radius 2 is 1.45 bits per heavy atom. The highest BCUT2D eigenvalue weighted by Crippen LogP contribution is 2.68. The third-order valence-electron chi connectivity index (χ3n) is 15.2. The molecule has 1 saturated heterocycles. The van der Waals surface area contributed by atoms with Crippen LogP contribution in [0.1, 0.15) is 124 Å². The van der Waals surface area contributed by atoms with Gasteiger partial charge in [0.2, 0.25) is 11.8 Å². The van der Waals surface area contributed by atoms with E-state index in [1.165, 1.54) is 57.8 Å². The van der Waals surface area contributed by atoms with Crippen LogP contribution in [0.25, 0.3) is 0 Å². The molecule has 0 spiro atoms. The Morgan fingerprint density at radius 1 is 0.764 bits per heavy atom. The summed E-state index contributed by atoms with van der Waals surface area (Å²) >= 11 is 0. The molecule has 5 rings (SSSR count). The van der Waals surface area contributed by atoms with Gasteiger partial charge in [-0.2, -0.15) is 0 Å². The molecule has 4 saturated carbocycles. The van der Waals surface area contributed by atoms with Crippen LogP contribution in [0.3, 0.4) is 0 Å². The Bertz CT molecular complexity index is 1190. The summed E-state index contributed by atoms with van der Waals surface area (Å²) < 4.78 is 21.6. The number of rotatable bonds is 21. The van der Waals surface area contributed by atoms with Crippen LogP contribution < -0.4 is 10.6 Å². The number of aliphatic hydroxyl groups excluding tert-OH is 4. The number of hydrogen-bond donors (Lipinski definition) is 6. The highest BCUT2D eigenvalue weighted by atomic mass is 16.7. The maximum Gasteiger partial charge on any atom is 0.220 e. The first-order valence-electron chi connectivity index (χ1n) is 22.0. The first-order valence-corrected chi connectivity index (χ1v) is 22.0. The molecule has 14 atom stereocenters. The molecular weight excluding hydrogens is 704 g/mol. The van der Waals surface area contributed by atoms with E-state index in [-0.39, 0.29) is 25.0 Å². The quantitative estimate of drug-likeness (QED) is 0.0920. The van der Waals surface area contributed by atoms with Crippen molar-refractivity contribution in [1.82, 2.24) is 10.6 Å². The average molecular weight is 781 g/mol. The fourth-order valence-corrected chi connectivity index (χ4v) is 12.0. The van der Waals surface area contributed by atoms with Crippen molar-refractivity contribution >= 4 is 11.8 Å². The third-order valence-corrected chi connectivity index (χ3v) is 15.2. The first-order chi connectivity index (χ1) is 26.4. The van der Waals surface area contributed by atoms with Gasteiger partial charge < -0.3 is 50.0 Å².